The first-order chi connectivity index (χ1) is 10.6. The Morgan fingerprint density at radius 2 is 2.09 bits per heavy atom. The second-order valence-corrected chi connectivity index (χ2v) is 5.64. The molecule has 0 saturated heterocycles. The normalized spacial score (nSPS) is 10.5. The highest BCUT2D eigenvalue weighted by atomic mass is 32.2. The van der Waals surface area contributed by atoms with Gasteiger partial charge in [-0.1, -0.05) is 23.9 Å². The zero-order valence-electron chi connectivity index (χ0n) is 12.9. The molecule has 118 valence electrons. The molecule has 0 unspecified atom stereocenters. The zero-order chi connectivity index (χ0) is 15.9. The van der Waals surface area contributed by atoms with Gasteiger partial charge in [-0.25, -0.2) is 4.68 Å². The fraction of sp³-hybridized carbons (Fsp3) is 0.429. The number of hydrogen-bond donors (Lipinski definition) is 0. The Labute approximate surface area is 133 Å². The van der Waals surface area contributed by atoms with Crippen LogP contribution in [0.1, 0.15) is 12.5 Å². The van der Waals surface area contributed by atoms with Gasteiger partial charge in [0.25, 0.3) is 0 Å². The number of amides is 1. The zero-order valence-corrected chi connectivity index (χ0v) is 13.7. The molecule has 0 aliphatic heterocycles. The van der Waals surface area contributed by atoms with Gasteiger partial charge in [0.2, 0.25) is 11.1 Å². The van der Waals surface area contributed by atoms with Gasteiger partial charge in [-0.15, -0.1) is 5.10 Å². The average molecular weight is 321 g/mol. The van der Waals surface area contributed by atoms with E-state index in [1.165, 1.54) is 11.8 Å². The van der Waals surface area contributed by atoms with E-state index in [4.69, 9.17) is 4.74 Å². The van der Waals surface area contributed by atoms with Crippen molar-refractivity contribution in [2.75, 3.05) is 19.4 Å². The lowest BCUT2D eigenvalue weighted by atomic mass is 10.2. The highest BCUT2D eigenvalue weighted by Crippen LogP contribution is 2.15. The summed E-state index contributed by atoms with van der Waals surface area (Å²) in [6.45, 7) is 3.15. The van der Waals surface area contributed by atoms with E-state index in [9.17, 15) is 4.79 Å². The number of tetrazole rings is 1. The van der Waals surface area contributed by atoms with E-state index >= 15 is 0 Å². The van der Waals surface area contributed by atoms with Crippen molar-refractivity contribution >= 4 is 17.7 Å². The third kappa shape index (κ3) is 4.45. The molecule has 0 fully saturated rings. The van der Waals surface area contributed by atoms with E-state index in [0.29, 0.717) is 24.1 Å². The van der Waals surface area contributed by atoms with Gasteiger partial charge in [-0.05, 0) is 35.0 Å². The molecule has 0 radical (unpaired) electrons. The summed E-state index contributed by atoms with van der Waals surface area (Å²) in [5, 5.41) is 11.7. The minimum Gasteiger partial charge on any atom is -0.494 e. The van der Waals surface area contributed by atoms with E-state index in [-0.39, 0.29) is 5.91 Å². The Bertz CT molecular complexity index is 614. The van der Waals surface area contributed by atoms with E-state index < -0.39 is 0 Å². The molecular weight excluding hydrogens is 302 g/mol. The monoisotopic (exact) mass is 321 g/mol. The number of ether oxygens (including phenoxy) is 1. The third-order valence-electron chi connectivity index (χ3n) is 2.99. The van der Waals surface area contributed by atoms with E-state index in [1.807, 2.05) is 31.2 Å². The smallest absolute Gasteiger partial charge is 0.233 e. The minimum atomic E-state index is 0.0295. The fourth-order valence-electron chi connectivity index (χ4n) is 1.80. The average Bonchev–Trinajstić information content (AvgIpc) is 2.92. The second kappa shape index (κ2) is 7.79. The van der Waals surface area contributed by atoms with Crippen LogP contribution in [0.2, 0.25) is 0 Å². The van der Waals surface area contributed by atoms with Crippen molar-refractivity contribution in [1.29, 1.82) is 0 Å². The van der Waals surface area contributed by atoms with Crippen LogP contribution in [0.15, 0.2) is 29.4 Å². The molecule has 1 heterocycles. The summed E-state index contributed by atoms with van der Waals surface area (Å²) < 4.78 is 6.95. The number of benzene rings is 1. The third-order valence-corrected chi connectivity index (χ3v) is 3.98. The molecule has 1 aromatic heterocycles. The van der Waals surface area contributed by atoms with Crippen LogP contribution in [0.5, 0.6) is 5.75 Å². The van der Waals surface area contributed by atoms with E-state index in [2.05, 4.69) is 15.5 Å². The van der Waals surface area contributed by atoms with E-state index in [1.54, 1.807) is 23.7 Å². The molecule has 2 aromatic rings. The number of thioether (sulfide) groups is 1. The quantitative estimate of drug-likeness (QED) is 0.717. The topological polar surface area (TPSA) is 73.1 Å². The molecule has 0 N–H and O–H groups in total. The minimum absolute atomic E-state index is 0.0295. The SMILES string of the molecule is CCOc1ccc(CN(C)C(=O)CSc2nnnn2C)cc1. The standard InChI is InChI=1S/C14H19N5O2S/c1-4-21-12-7-5-11(6-8-12)9-18(2)13(20)10-22-14-15-16-17-19(14)3/h5-8H,4,9-10H2,1-3H3. The number of nitrogens with zero attached hydrogens (tertiary/aromatic N) is 5. The van der Waals surface area contributed by atoms with Gasteiger partial charge >= 0.3 is 0 Å². The first kappa shape index (κ1) is 16.3. The highest BCUT2D eigenvalue weighted by molar-refractivity contribution is 7.99. The Morgan fingerprint density at radius 1 is 1.36 bits per heavy atom. The lowest BCUT2D eigenvalue weighted by Gasteiger charge is -2.17. The first-order valence-corrected chi connectivity index (χ1v) is 7.89. The van der Waals surface area contributed by atoms with Crippen molar-refractivity contribution in [3.05, 3.63) is 29.8 Å². The maximum atomic E-state index is 12.1. The van der Waals surface area contributed by atoms with Crippen LogP contribution in [0, 0.1) is 0 Å². The Hall–Kier alpha value is -2.09. The number of carbonyl (C=O) groups is 1. The summed E-state index contributed by atoms with van der Waals surface area (Å²) in [4.78, 5) is 13.8. The van der Waals surface area contributed by atoms with Gasteiger partial charge in [0, 0.05) is 20.6 Å². The summed E-state index contributed by atoms with van der Waals surface area (Å²) in [5.41, 5.74) is 1.06. The summed E-state index contributed by atoms with van der Waals surface area (Å²) in [7, 11) is 3.53. The Morgan fingerprint density at radius 3 is 2.68 bits per heavy atom. The molecule has 1 amide bonds. The van der Waals surface area contributed by atoms with Gasteiger partial charge in [0.1, 0.15) is 5.75 Å². The largest absolute Gasteiger partial charge is 0.494 e. The maximum Gasteiger partial charge on any atom is 0.233 e. The molecule has 0 aliphatic rings. The number of aromatic nitrogens is 4. The summed E-state index contributed by atoms with van der Waals surface area (Å²) in [5.74, 6) is 1.18. The fourth-order valence-corrected chi connectivity index (χ4v) is 2.59. The molecule has 0 atom stereocenters. The Kier molecular flexibility index (Phi) is 5.76. The molecule has 0 spiro atoms. The van der Waals surface area contributed by atoms with Crippen LogP contribution < -0.4 is 4.74 Å². The number of aryl methyl sites for hydroxylation is 1. The van der Waals surface area contributed by atoms with Crippen LogP contribution >= 0.6 is 11.8 Å². The van der Waals surface area contributed by atoms with Gasteiger partial charge < -0.3 is 9.64 Å². The number of carbonyl (C=O) groups excluding carboxylic acids is 1. The van der Waals surface area contributed by atoms with E-state index in [0.717, 1.165) is 11.3 Å². The molecule has 1 aromatic carbocycles. The van der Waals surface area contributed by atoms with Crippen LogP contribution in [-0.2, 0) is 18.4 Å². The lowest BCUT2D eigenvalue weighted by molar-refractivity contribution is -0.127. The van der Waals surface area contributed by atoms with Crippen LogP contribution in [-0.4, -0.2) is 50.4 Å². The summed E-state index contributed by atoms with van der Waals surface area (Å²) in [6, 6.07) is 7.76. The van der Waals surface area contributed by atoms with Crippen molar-refractivity contribution in [1.82, 2.24) is 25.1 Å². The predicted molar refractivity (Wildman–Crippen MR) is 83.6 cm³/mol. The second-order valence-electron chi connectivity index (χ2n) is 4.70. The maximum absolute atomic E-state index is 12.1. The molecule has 0 aliphatic carbocycles. The number of rotatable bonds is 7. The van der Waals surface area contributed by atoms with Crippen molar-refractivity contribution in [2.24, 2.45) is 7.05 Å². The van der Waals surface area contributed by atoms with Gasteiger partial charge in [-0.3, -0.25) is 4.79 Å². The highest BCUT2D eigenvalue weighted by Gasteiger charge is 2.12. The molecule has 7 nitrogen and oxygen atoms in total. The summed E-state index contributed by atoms with van der Waals surface area (Å²) >= 11 is 1.33. The first-order valence-electron chi connectivity index (χ1n) is 6.91. The lowest BCUT2D eigenvalue weighted by Crippen LogP contribution is -2.27. The predicted octanol–water partition coefficient (Wildman–Crippen LogP) is 1.36. The molecule has 22 heavy (non-hydrogen) atoms. The molecule has 8 heteroatoms. The van der Waals surface area contributed by atoms with Crippen LogP contribution in [0.3, 0.4) is 0 Å². The van der Waals surface area contributed by atoms with Crippen LogP contribution in [0.4, 0.5) is 0 Å². The molecule has 0 saturated carbocycles. The van der Waals surface area contributed by atoms with Gasteiger partial charge in [-0.2, -0.15) is 0 Å². The molecule has 2 rings (SSSR count). The molecule has 0 bridgehead atoms. The molecular formula is C14H19N5O2S. The van der Waals surface area contributed by atoms with Crippen molar-refractivity contribution < 1.29 is 9.53 Å². The van der Waals surface area contributed by atoms with Crippen molar-refractivity contribution in [3.8, 4) is 5.75 Å². The summed E-state index contributed by atoms with van der Waals surface area (Å²) in [6.07, 6.45) is 0. The Balaban J connectivity index is 1.84. The van der Waals surface area contributed by atoms with Crippen molar-refractivity contribution in [2.45, 2.75) is 18.6 Å². The van der Waals surface area contributed by atoms with Gasteiger partial charge in [0.05, 0.1) is 12.4 Å². The van der Waals surface area contributed by atoms with Gasteiger partial charge in [0.15, 0.2) is 0 Å². The number of hydrogen-bond acceptors (Lipinski definition) is 6. The van der Waals surface area contributed by atoms with Crippen LogP contribution in [0.25, 0.3) is 0 Å². The van der Waals surface area contributed by atoms with Crippen molar-refractivity contribution in [3.63, 3.8) is 0 Å².